The second kappa shape index (κ2) is 6.30. The largest absolute Gasteiger partial charge is 0.506 e. The Morgan fingerprint density at radius 1 is 1.13 bits per heavy atom. The zero-order valence-electron chi connectivity index (χ0n) is 12.3. The standard InChI is InChI=1S/C18H14BrNO3/c1-23-15-9-5-4-8-14(15)20-18(22)13-10-11-6-2-3-7-12(11)16(19)17(13)21/h2-10,21H,1H3,(H,20,22). The fourth-order valence-corrected chi connectivity index (χ4v) is 2.98. The number of amides is 1. The Bertz CT molecular complexity index is 893. The molecule has 0 saturated heterocycles. The third kappa shape index (κ3) is 2.87. The Morgan fingerprint density at radius 3 is 2.61 bits per heavy atom. The summed E-state index contributed by atoms with van der Waals surface area (Å²) >= 11 is 3.36. The minimum atomic E-state index is -0.404. The van der Waals surface area contributed by atoms with E-state index >= 15 is 0 Å². The highest BCUT2D eigenvalue weighted by atomic mass is 79.9. The first-order valence-corrected chi connectivity index (χ1v) is 7.75. The molecule has 0 fully saturated rings. The summed E-state index contributed by atoms with van der Waals surface area (Å²) < 4.78 is 5.72. The summed E-state index contributed by atoms with van der Waals surface area (Å²) in [5.41, 5.74) is 0.741. The fourth-order valence-electron chi connectivity index (χ4n) is 2.40. The van der Waals surface area contributed by atoms with Crippen molar-refractivity contribution in [3.8, 4) is 11.5 Å². The number of hydrogen-bond acceptors (Lipinski definition) is 3. The van der Waals surface area contributed by atoms with Crippen molar-refractivity contribution in [1.29, 1.82) is 0 Å². The Kier molecular flexibility index (Phi) is 4.21. The van der Waals surface area contributed by atoms with Gasteiger partial charge in [0.2, 0.25) is 0 Å². The molecule has 0 atom stereocenters. The average molecular weight is 372 g/mol. The normalized spacial score (nSPS) is 10.5. The molecule has 2 N–H and O–H groups in total. The number of para-hydroxylation sites is 2. The van der Waals surface area contributed by atoms with Gasteiger partial charge in [-0.15, -0.1) is 0 Å². The Labute approximate surface area is 141 Å². The number of methoxy groups -OCH3 is 1. The van der Waals surface area contributed by atoms with Gasteiger partial charge in [-0.05, 0) is 44.9 Å². The van der Waals surface area contributed by atoms with Crippen molar-refractivity contribution in [3.05, 3.63) is 64.6 Å². The molecule has 3 aromatic carbocycles. The molecular weight excluding hydrogens is 358 g/mol. The van der Waals surface area contributed by atoms with Crippen LogP contribution in [0.15, 0.2) is 59.1 Å². The molecule has 4 nitrogen and oxygen atoms in total. The lowest BCUT2D eigenvalue weighted by atomic mass is 10.1. The molecule has 0 aromatic heterocycles. The van der Waals surface area contributed by atoms with Gasteiger partial charge in [0.05, 0.1) is 22.8 Å². The number of rotatable bonds is 3. The number of phenolic OH excluding ortho intramolecular Hbond substituents is 1. The molecule has 5 heteroatoms. The molecule has 0 radical (unpaired) electrons. The topological polar surface area (TPSA) is 58.6 Å². The number of carbonyl (C=O) groups is 1. The Hall–Kier alpha value is -2.53. The van der Waals surface area contributed by atoms with E-state index in [1.54, 1.807) is 24.3 Å². The first-order chi connectivity index (χ1) is 11.1. The van der Waals surface area contributed by atoms with Crippen LogP contribution < -0.4 is 10.1 Å². The first-order valence-electron chi connectivity index (χ1n) is 6.96. The monoisotopic (exact) mass is 371 g/mol. The van der Waals surface area contributed by atoms with Crippen molar-refractivity contribution in [1.82, 2.24) is 0 Å². The molecule has 0 aliphatic rings. The number of fused-ring (bicyclic) bond motifs is 1. The molecule has 116 valence electrons. The summed E-state index contributed by atoms with van der Waals surface area (Å²) in [6.07, 6.45) is 0. The number of halogens is 1. The molecular formula is C18H14BrNO3. The van der Waals surface area contributed by atoms with Crippen LogP contribution in [0.4, 0.5) is 5.69 Å². The quantitative estimate of drug-likeness (QED) is 0.708. The first kappa shape index (κ1) is 15.4. The van der Waals surface area contributed by atoms with Crippen molar-refractivity contribution in [2.45, 2.75) is 0 Å². The minimum Gasteiger partial charge on any atom is -0.506 e. The highest BCUT2D eigenvalue weighted by molar-refractivity contribution is 9.10. The highest BCUT2D eigenvalue weighted by Gasteiger charge is 2.17. The van der Waals surface area contributed by atoms with E-state index in [1.165, 1.54) is 7.11 Å². The summed E-state index contributed by atoms with van der Waals surface area (Å²) in [7, 11) is 1.54. The van der Waals surface area contributed by atoms with Crippen LogP contribution in [0.25, 0.3) is 10.8 Å². The summed E-state index contributed by atoms with van der Waals surface area (Å²) in [6.45, 7) is 0. The van der Waals surface area contributed by atoms with Crippen LogP contribution in [0.2, 0.25) is 0 Å². The van der Waals surface area contributed by atoms with Gasteiger partial charge in [-0.3, -0.25) is 4.79 Å². The van der Waals surface area contributed by atoms with E-state index in [2.05, 4.69) is 21.2 Å². The molecule has 0 spiro atoms. The highest BCUT2D eigenvalue weighted by Crippen LogP contribution is 2.36. The van der Waals surface area contributed by atoms with Crippen LogP contribution in [0.5, 0.6) is 11.5 Å². The van der Waals surface area contributed by atoms with E-state index in [1.807, 2.05) is 30.3 Å². The van der Waals surface area contributed by atoms with Crippen LogP contribution in [0, 0.1) is 0 Å². The lowest BCUT2D eigenvalue weighted by Gasteiger charge is -2.12. The maximum Gasteiger partial charge on any atom is 0.259 e. The maximum atomic E-state index is 12.6. The van der Waals surface area contributed by atoms with Crippen LogP contribution in [0.3, 0.4) is 0 Å². The average Bonchev–Trinajstić information content (AvgIpc) is 2.58. The van der Waals surface area contributed by atoms with Gasteiger partial charge in [-0.1, -0.05) is 36.4 Å². The zero-order valence-corrected chi connectivity index (χ0v) is 13.9. The zero-order chi connectivity index (χ0) is 16.4. The van der Waals surface area contributed by atoms with Gasteiger partial charge >= 0.3 is 0 Å². The van der Waals surface area contributed by atoms with E-state index in [4.69, 9.17) is 4.74 Å². The van der Waals surface area contributed by atoms with Gasteiger partial charge in [-0.25, -0.2) is 0 Å². The van der Waals surface area contributed by atoms with Crippen LogP contribution in [-0.2, 0) is 0 Å². The van der Waals surface area contributed by atoms with E-state index in [0.717, 1.165) is 10.8 Å². The van der Waals surface area contributed by atoms with Gasteiger partial charge in [0.15, 0.2) is 0 Å². The SMILES string of the molecule is COc1ccccc1NC(=O)c1cc2ccccc2c(Br)c1O. The lowest BCUT2D eigenvalue weighted by Crippen LogP contribution is -2.13. The predicted octanol–water partition coefficient (Wildman–Crippen LogP) is 4.57. The van der Waals surface area contributed by atoms with Crippen molar-refractivity contribution in [2.24, 2.45) is 0 Å². The number of anilines is 1. The molecule has 0 saturated carbocycles. The van der Waals surface area contributed by atoms with Crippen molar-refractivity contribution in [2.75, 3.05) is 12.4 Å². The molecule has 23 heavy (non-hydrogen) atoms. The van der Waals surface area contributed by atoms with E-state index in [9.17, 15) is 9.90 Å². The summed E-state index contributed by atoms with van der Waals surface area (Å²) in [6, 6.07) is 16.3. The van der Waals surface area contributed by atoms with Gasteiger partial charge in [-0.2, -0.15) is 0 Å². The molecule has 0 aliphatic carbocycles. The third-order valence-corrected chi connectivity index (χ3v) is 4.36. The summed E-state index contributed by atoms with van der Waals surface area (Å²) in [4.78, 5) is 12.6. The van der Waals surface area contributed by atoms with Crippen LogP contribution >= 0.6 is 15.9 Å². The number of aromatic hydroxyl groups is 1. The van der Waals surface area contributed by atoms with E-state index in [0.29, 0.717) is 15.9 Å². The maximum absolute atomic E-state index is 12.6. The molecule has 3 aromatic rings. The molecule has 0 aliphatic heterocycles. The number of carbonyl (C=O) groups excluding carboxylic acids is 1. The Morgan fingerprint density at radius 2 is 1.83 bits per heavy atom. The summed E-state index contributed by atoms with van der Waals surface area (Å²) in [5.74, 6) is 0.0646. The number of nitrogens with one attached hydrogen (secondary N) is 1. The Balaban J connectivity index is 2.03. The van der Waals surface area contributed by atoms with Crippen molar-refractivity contribution < 1.29 is 14.6 Å². The number of ether oxygens (including phenoxy) is 1. The fraction of sp³-hybridized carbons (Fsp3) is 0.0556. The molecule has 0 heterocycles. The van der Waals surface area contributed by atoms with Gasteiger partial charge < -0.3 is 15.2 Å². The second-order valence-corrected chi connectivity index (χ2v) is 5.76. The minimum absolute atomic E-state index is 0.0869. The second-order valence-electron chi connectivity index (χ2n) is 4.96. The number of benzene rings is 3. The van der Waals surface area contributed by atoms with Gasteiger partial charge in [0.25, 0.3) is 5.91 Å². The lowest BCUT2D eigenvalue weighted by molar-refractivity contribution is 0.102. The van der Waals surface area contributed by atoms with Crippen LogP contribution in [-0.4, -0.2) is 18.1 Å². The number of hydrogen-bond donors (Lipinski definition) is 2. The molecule has 3 rings (SSSR count). The van der Waals surface area contributed by atoms with Crippen molar-refractivity contribution >= 4 is 38.3 Å². The molecule has 0 unspecified atom stereocenters. The van der Waals surface area contributed by atoms with E-state index in [-0.39, 0.29) is 11.3 Å². The van der Waals surface area contributed by atoms with Gasteiger partial charge in [0, 0.05) is 0 Å². The van der Waals surface area contributed by atoms with E-state index < -0.39 is 5.91 Å². The molecule has 0 bridgehead atoms. The smallest absolute Gasteiger partial charge is 0.259 e. The molecule has 1 amide bonds. The van der Waals surface area contributed by atoms with Crippen molar-refractivity contribution in [3.63, 3.8) is 0 Å². The third-order valence-electron chi connectivity index (χ3n) is 3.56. The number of phenols is 1. The van der Waals surface area contributed by atoms with Gasteiger partial charge in [0.1, 0.15) is 11.5 Å². The summed E-state index contributed by atoms with van der Waals surface area (Å²) in [5, 5.41) is 14.8. The van der Waals surface area contributed by atoms with Crippen LogP contribution in [0.1, 0.15) is 10.4 Å². The predicted molar refractivity (Wildman–Crippen MR) is 94.3 cm³/mol.